The van der Waals surface area contributed by atoms with Gasteiger partial charge >= 0.3 is 0 Å². The van der Waals surface area contributed by atoms with Gasteiger partial charge in [0.25, 0.3) is 0 Å². The number of rotatable bonds is 2. The molecule has 2 aliphatic carbocycles. The lowest BCUT2D eigenvalue weighted by atomic mass is 9.52. The number of hydrogen-bond acceptors (Lipinski definition) is 0. The Morgan fingerprint density at radius 3 is 1.79 bits per heavy atom. The van der Waals surface area contributed by atoms with Crippen LogP contribution in [0.3, 0.4) is 0 Å². The molecule has 0 spiro atoms. The maximum absolute atomic E-state index is 2.52. The molecule has 0 bridgehead atoms. The van der Waals surface area contributed by atoms with Crippen LogP contribution in [0.25, 0.3) is 0 Å². The van der Waals surface area contributed by atoms with Crippen LogP contribution in [0.4, 0.5) is 0 Å². The molecule has 0 radical (unpaired) electrons. The fourth-order valence-electron chi connectivity index (χ4n) is 4.37. The van der Waals surface area contributed by atoms with Crippen molar-refractivity contribution in [1.29, 1.82) is 0 Å². The minimum absolute atomic E-state index is 0.986. The average molecular weight is 194 g/mol. The Bertz CT molecular complexity index is 200. The highest BCUT2D eigenvalue weighted by Crippen LogP contribution is 2.53. The van der Waals surface area contributed by atoms with Crippen LogP contribution < -0.4 is 0 Å². The van der Waals surface area contributed by atoms with E-state index in [-0.39, 0.29) is 0 Å². The molecule has 0 nitrogen and oxygen atoms in total. The summed E-state index contributed by atoms with van der Waals surface area (Å²) in [7, 11) is 0. The van der Waals surface area contributed by atoms with E-state index in [2.05, 4.69) is 34.6 Å². The van der Waals surface area contributed by atoms with E-state index >= 15 is 0 Å². The molecule has 0 amide bonds. The third-order valence-corrected chi connectivity index (χ3v) is 5.56. The molecule has 0 heteroatoms. The van der Waals surface area contributed by atoms with E-state index in [9.17, 15) is 0 Å². The van der Waals surface area contributed by atoms with Gasteiger partial charge in [0.15, 0.2) is 0 Å². The van der Waals surface area contributed by atoms with Gasteiger partial charge in [0.2, 0.25) is 0 Å². The molecule has 6 atom stereocenters. The average Bonchev–Trinajstić information content (AvgIpc) is 2.12. The summed E-state index contributed by atoms with van der Waals surface area (Å²) in [6, 6.07) is 0. The van der Waals surface area contributed by atoms with Gasteiger partial charge in [-0.25, -0.2) is 0 Å². The summed E-state index contributed by atoms with van der Waals surface area (Å²) < 4.78 is 0. The smallest absolute Gasteiger partial charge is 0.0334 e. The van der Waals surface area contributed by atoms with Crippen LogP contribution in [0, 0.1) is 41.4 Å². The van der Waals surface area contributed by atoms with E-state index in [4.69, 9.17) is 0 Å². The topological polar surface area (TPSA) is 0 Å². The monoisotopic (exact) mass is 194 g/mol. The maximum Gasteiger partial charge on any atom is -0.0334 e. The van der Waals surface area contributed by atoms with Crippen LogP contribution >= 0.6 is 0 Å². The van der Waals surface area contributed by atoms with E-state index in [0.717, 1.165) is 41.4 Å². The van der Waals surface area contributed by atoms with E-state index in [0.29, 0.717) is 0 Å². The molecule has 0 heterocycles. The summed E-state index contributed by atoms with van der Waals surface area (Å²) in [5.74, 6) is 7.06. The van der Waals surface area contributed by atoms with E-state index in [1.54, 1.807) is 0 Å². The van der Waals surface area contributed by atoms with Gasteiger partial charge in [-0.15, -0.1) is 0 Å². The summed E-state index contributed by atoms with van der Waals surface area (Å²) >= 11 is 0. The Balaban J connectivity index is 1.92. The molecule has 0 aromatic heterocycles. The van der Waals surface area contributed by atoms with Gasteiger partial charge in [-0.2, -0.15) is 0 Å². The number of hydrogen-bond donors (Lipinski definition) is 0. The molecular formula is C14H26. The van der Waals surface area contributed by atoms with Crippen molar-refractivity contribution in [3.05, 3.63) is 0 Å². The fraction of sp³-hybridized carbons (Fsp3) is 1.00. The van der Waals surface area contributed by atoms with Crippen LogP contribution in [0.2, 0.25) is 0 Å². The van der Waals surface area contributed by atoms with Gasteiger partial charge in [-0.05, 0) is 54.3 Å². The Labute approximate surface area is 89.5 Å². The summed E-state index contributed by atoms with van der Waals surface area (Å²) in [5.41, 5.74) is 0. The minimum atomic E-state index is 0.986. The van der Waals surface area contributed by atoms with Crippen LogP contribution in [0.5, 0.6) is 0 Å². The summed E-state index contributed by atoms with van der Waals surface area (Å²) in [5, 5.41) is 0. The maximum atomic E-state index is 2.52. The summed E-state index contributed by atoms with van der Waals surface area (Å²) in [4.78, 5) is 0. The highest BCUT2D eigenvalue weighted by Gasteiger charge is 2.46. The zero-order valence-corrected chi connectivity index (χ0v) is 10.5. The zero-order chi connectivity index (χ0) is 10.5. The molecule has 14 heavy (non-hydrogen) atoms. The third kappa shape index (κ3) is 1.42. The first-order chi connectivity index (χ1) is 6.52. The molecule has 0 aromatic rings. The molecule has 0 N–H and O–H groups in total. The Kier molecular flexibility index (Phi) is 2.66. The normalized spacial score (nSPS) is 54.6. The zero-order valence-electron chi connectivity index (χ0n) is 10.5. The molecular weight excluding hydrogens is 168 g/mol. The first-order valence-corrected chi connectivity index (χ1v) is 6.52. The largest absolute Gasteiger partial charge is 0.0622 e. The first-order valence-electron chi connectivity index (χ1n) is 6.52. The second-order valence-corrected chi connectivity index (χ2v) is 6.36. The lowest BCUT2D eigenvalue weighted by molar-refractivity contribution is -0.0433. The van der Waals surface area contributed by atoms with Crippen molar-refractivity contribution >= 4 is 0 Å². The van der Waals surface area contributed by atoms with Crippen LogP contribution in [-0.2, 0) is 0 Å². The first kappa shape index (κ1) is 10.5. The molecule has 0 aliphatic heterocycles. The van der Waals surface area contributed by atoms with Crippen molar-refractivity contribution in [3.63, 3.8) is 0 Å². The summed E-state index contributed by atoms with van der Waals surface area (Å²) in [6.45, 7) is 12.3. The van der Waals surface area contributed by atoms with Crippen LogP contribution in [-0.4, -0.2) is 0 Å². The van der Waals surface area contributed by atoms with Gasteiger partial charge in [0.05, 0.1) is 0 Å². The molecule has 82 valence electrons. The van der Waals surface area contributed by atoms with Gasteiger partial charge in [-0.3, -0.25) is 0 Å². The van der Waals surface area contributed by atoms with Crippen molar-refractivity contribution in [2.75, 3.05) is 0 Å². The second-order valence-electron chi connectivity index (χ2n) is 6.36. The van der Waals surface area contributed by atoms with Crippen molar-refractivity contribution in [2.45, 2.75) is 47.5 Å². The predicted octanol–water partition coefficient (Wildman–Crippen LogP) is 4.21. The van der Waals surface area contributed by atoms with Gasteiger partial charge in [0, 0.05) is 0 Å². The highest BCUT2D eigenvalue weighted by molar-refractivity contribution is 4.95. The Morgan fingerprint density at radius 2 is 1.43 bits per heavy atom. The molecule has 2 saturated carbocycles. The molecule has 2 rings (SSSR count). The fourth-order valence-corrected chi connectivity index (χ4v) is 4.37. The lowest BCUT2D eigenvalue weighted by Gasteiger charge is -2.53. The second kappa shape index (κ2) is 3.54. The standard InChI is InChI=1S/C14H26/c1-8-7-13(11(8)4)12(5)14-9(2)6-10(14)3/h8-14H,6-7H2,1-5H3. The molecule has 0 aromatic carbocycles. The SMILES string of the molecule is CC1CC(C(C)C2C(C)CC2C)C1C. The van der Waals surface area contributed by atoms with E-state index in [1.807, 2.05) is 0 Å². The quantitative estimate of drug-likeness (QED) is 0.618. The molecule has 2 fully saturated rings. The van der Waals surface area contributed by atoms with Crippen LogP contribution in [0.15, 0.2) is 0 Å². The van der Waals surface area contributed by atoms with Crippen LogP contribution in [0.1, 0.15) is 47.5 Å². The highest BCUT2D eigenvalue weighted by atomic mass is 14.5. The lowest BCUT2D eigenvalue weighted by Crippen LogP contribution is -2.46. The van der Waals surface area contributed by atoms with Crippen molar-refractivity contribution in [2.24, 2.45) is 41.4 Å². The van der Waals surface area contributed by atoms with E-state index < -0.39 is 0 Å². The molecule has 0 saturated heterocycles. The Morgan fingerprint density at radius 1 is 0.857 bits per heavy atom. The van der Waals surface area contributed by atoms with Gasteiger partial charge in [-0.1, -0.05) is 34.6 Å². The van der Waals surface area contributed by atoms with E-state index in [1.165, 1.54) is 12.8 Å². The molecule has 2 aliphatic rings. The summed E-state index contributed by atoms with van der Waals surface area (Å²) in [6.07, 6.45) is 2.98. The van der Waals surface area contributed by atoms with Gasteiger partial charge in [0.1, 0.15) is 0 Å². The Hall–Kier alpha value is 0. The predicted molar refractivity (Wildman–Crippen MR) is 62.0 cm³/mol. The molecule has 6 unspecified atom stereocenters. The third-order valence-electron chi connectivity index (χ3n) is 5.56. The van der Waals surface area contributed by atoms with Crippen molar-refractivity contribution in [1.82, 2.24) is 0 Å². The van der Waals surface area contributed by atoms with Crippen molar-refractivity contribution < 1.29 is 0 Å². The van der Waals surface area contributed by atoms with Crippen molar-refractivity contribution in [3.8, 4) is 0 Å². The van der Waals surface area contributed by atoms with Gasteiger partial charge < -0.3 is 0 Å². The minimum Gasteiger partial charge on any atom is -0.0622 e.